The summed E-state index contributed by atoms with van der Waals surface area (Å²) < 4.78 is 25.1. The highest BCUT2D eigenvalue weighted by Gasteiger charge is 2.28. The number of nitro groups is 1. The van der Waals surface area contributed by atoms with Crippen molar-refractivity contribution in [1.29, 1.82) is 5.26 Å². The minimum absolute atomic E-state index is 0.0914. The van der Waals surface area contributed by atoms with E-state index < -0.39 is 33.9 Å². The Morgan fingerprint density at radius 3 is 2.62 bits per heavy atom. The van der Waals surface area contributed by atoms with Gasteiger partial charge in [0.05, 0.1) is 10.5 Å². The van der Waals surface area contributed by atoms with Gasteiger partial charge < -0.3 is 0 Å². The zero-order valence-corrected chi connectivity index (χ0v) is 7.55. The number of nitriles is 1. The van der Waals surface area contributed by atoms with Crippen molar-refractivity contribution < 1.29 is 18.5 Å². The first-order valence-corrected chi connectivity index (χ1v) is 3.83. The van der Waals surface area contributed by atoms with Crippen molar-refractivity contribution in [2.24, 2.45) is 0 Å². The number of alkyl halides is 2. The van der Waals surface area contributed by atoms with Gasteiger partial charge in [-0.1, -0.05) is 0 Å². The summed E-state index contributed by atoms with van der Waals surface area (Å²) in [6, 6.07) is 1.31. The lowest BCUT2D eigenvalue weighted by atomic mass is 10.1. The maximum Gasteiger partial charge on any atom is 0.297 e. The Morgan fingerprint density at radius 2 is 2.25 bits per heavy atom. The van der Waals surface area contributed by atoms with E-state index in [2.05, 4.69) is 4.98 Å². The van der Waals surface area contributed by atoms with Crippen molar-refractivity contribution in [3.63, 3.8) is 0 Å². The van der Waals surface area contributed by atoms with Crippen molar-refractivity contribution in [2.75, 3.05) is 0 Å². The standard InChI is InChI=1S/C8H3F2N3O3/c9-8(10)7-4(1-11)5(3-14)12-2-6(7)13(15)16/h2-3,8H. The Labute approximate surface area is 87.3 Å². The summed E-state index contributed by atoms with van der Waals surface area (Å²) in [5, 5.41) is 19.0. The van der Waals surface area contributed by atoms with Crippen LogP contribution in [0.1, 0.15) is 28.0 Å². The Morgan fingerprint density at radius 1 is 1.62 bits per heavy atom. The fourth-order valence-electron chi connectivity index (χ4n) is 1.10. The molecule has 16 heavy (non-hydrogen) atoms. The van der Waals surface area contributed by atoms with E-state index in [0.29, 0.717) is 6.20 Å². The van der Waals surface area contributed by atoms with E-state index in [4.69, 9.17) is 5.26 Å². The second-order valence-corrected chi connectivity index (χ2v) is 2.60. The number of halogens is 2. The number of nitrogens with zero attached hydrogens (tertiary/aromatic N) is 3. The SMILES string of the molecule is N#Cc1c(C=O)ncc([N+](=O)[O-])c1C(F)F. The Kier molecular flexibility index (Phi) is 3.20. The maximum atomic E-state index is 12.6. The van der Waals surface area contributed by atoms with E-state index in [0.717, 1.165) is 0 Å². The van der Waals surface area contributed by atoms with Gasteiger partial charge in [0.25, 0.3) is 12.1 Å². The highest BCUT2D eigenvalue weighted by Crippen LogP contribution is 2.31. The molecule has 0 bridgehead atoms. The minimum atomic E-state index is -3.23. The highest BCUT2D eigenvalue weighted by atomic mass is 19.3. The first-order valence-electron chi connectivity index (χ1n) is 3.83. The van der Waals surface area contributed by atoms with Crippen molar-refractivity contribution in [1.82, 2.24) is 4.98 Å². The molecular formula is C8H3F2N3O3. The van der Waals surface area contributed by atoms with Crippen molar-refractivity contribution in [3.05, 3.63) is 33.1 Å². The Balaban J connectivity index is 3.65. The molecule has 0 saturated carbocycles. The van der Waals surface area contributed by atoms with Gasteiger partial charge in [-0.25, -0.2) is 13.8 Å². The molecule has 0 aliphatic heterocycles. The molecule has 0 atom stereocenters. The summed E-state index contributed by atoms with van der Waals surface area (Å²) in [5.41, 5.74) is -3.36. The Bertz CT molecular complexity index is 496. The van der Waals surface area contributed by atoms with Crippen molar-refractivity contribution >= 4 is 12.0 Å². The quantitative estimate of drug-likeness (QED) is 0.443. The normalized spacial score (nSPS) is 9.88. The molecular weight excluding hydrogens is 224 g/mol. The molecule has 0 aliphatic carbocycles. The molecule has 0 unspecified atom stereocenters. The van der Waals surface area contributed by atoms with Crippen LogP contribution in [0.25, 0.3) is 0 Å². The average Bonchev–Trinajstić information content (AvgIpc) is 2.26. The van der Waals surface area contributed by atoms with E-state index in [-0.39, 0.29) is 6.29 Å². The van der Waals surface area contributed by atoms with Gasteiger partial charge in [0.15, 0.2) is 6.29 Å². The van der Waals surface area contributed by atoms with Crippen LogP contribution in [0.3, 0.4) is 0 Å². The molecule has 0 spiro atoms. The number of hydrogen-bond donors (Lipinski definition) is 0. The molecule has 0 N–H and O–H groups in total. The van der Waals surface area contributed by atoms with Crippen molar-refractivity contribution in [3.8, 4) is 6.07 Å². The fraction of sp³-hybridized carbons (Fsp3) is 0.125. The second-order valence-electron chi connectivity index (χ2n) is 2.60. The van der Waals surface area contributed by atoms with Gasteiger partial charge in [0, 0.05) is 0 Å². The van der Waals surface area contributed by atoms with E-state index >= 15 is 0 Å². The number of aromatic nitrogens is 1. The maximum absolute atomic E-state index is 12.6. The number of pyridine rings is 1. The number of hydrogen-bond acceptors (Lipinski definition) is 5. The lowest BCUT2D eigenvalue weighted by molar-refractivity contribution is -0.386. The van der Waals surface area contributed by atoms with Gasteiger partial charge >= 0.3 is 0 Å². The van der Waals surface area contributed by atoms with Crippen LogP contribution in [0.5, 0.6) is 0 Å². The minimum Gasteiger partial charge on any atom is -0.296 e. The van der Waals surface area contributed by atoms with Crippen LogP contribution in [0.2, 0.25) is 0 Å². The number of aldehydes is 1. The monoisotopic (exact) mass is 227 g/mol. The third-order valence-corrected chi connectivity index (χ3v) is 1.77. The largest absolute Gasteiger partial charge is 0.297 e. The number of carbonyl (C=O) groups excluding carboxylic acids is 1. The van der Waals surface area contributed by atoms with Crippen LogP contribution < -0.4 is 0 Å². The molecule has 1 aromatic rings. The lowest BCUT2D eigenvalue weighted by Crippen LogP contribution is -2.04. The predicted octanol–water partition coefficient (Wildman–Crippen LogP) is 1.61. The molecule has 82 valence electrons. The third-order valence-electron chi connectivity index (χ3n) is 1.77. The molecule has 1 heterocycles. The molecule has 0 aliphatic rings. The smallest absolute Gasteiger partial charge is 0.296 e. The summed E-state index contributed by atoms with van der Waals surface area (Å²) in [7, 11) is 0. The predicted molar refractivity (Wildman–Crippen MR) is 46.0 cm³/mol. The van der Waals surface area contributed by atoms with E-state index in [1.807, 2.05) is 0 Å². The summed E-state index contributed by atoms with van der Waals surface area (Å²) >= 11 is 0. The topological polar surface area (TPSA) is 96.9 Å². The highest BCUT2D eigenvalue weighted by molar-refractivity contribution is 5.78. The van der Waals surface area contributed by atoms with Crippen LogP contribution >= 0.6 is 0 Å². The van der Waals surface area contributed by atoms with Gasteiger partial charge in [0.1, 0.15) is 23.5 Å². The van der Waals surface area contributed by atoms with Gasteiger partial charge in [-0.3, -0.25) is 14.9 Å². The molecule has 1 rings (SSSR count). The molecule has 1 aromatic heterocycles. The van der Waals surface area contributed by atoms with Crippen molar-refractivity contribution in [2.45, 2.75) is 6.43 Å². The molecule has 0 radical (unpaired) electrons. The summed E-state index contributed by atoms with van der Waals surface area (Å²) in [5.74, 6) is 0. The lowest BCUT2D eigenvalue weighted by Gasteiger charge is -2.04. The molecule has 6 nitrogen and oxygen atoms in total. The zero-order chi connectivity index (χ0) is 12.3. The molecule has 0 amide bonds. The summed E-state index contributed by atoms with van der Waals surface area (Å²) in [4.78, 5) is 23.0. The van der Waals surface area contributed by atoms with Gasteiger partial charge in [-0.05, 0) is 0 Å². The van der Waals surface area contributed by atoms with Crippen LogP contribution in [0, 0.1) is 21.4 Å². The van der Waals surface area contributed by atoms with Gasteiger partial charge in [0.2, 0.25) is 0 Å². The van der Waals surface area contributed by atoms with Crippen LogP contribution in [-0.4, -0.2) is 16.2 Å². The third kappa shape index (κ3) is 1.83. The number of carbonyl (C=O) groups is 1. The molecule has 0 saturated heterocycles. The average molecular weight is 227 g/mol. The van der Waals surface area contributed by atoms with Gasteiger partial charge in [-0.2, -0.15) is 5.26 Å². The van der Waals surface area contributed by atoms with Gasteiger partial charge in [-0.15, -0.1) is 0 Å². The molecule has 0 aromatic carbocycles. The molecule has 8 heteroatoms. The summed E-state index contributed by atoms with van der Waals surface area (Å²) in [6.45, 7) is 0. The van der Waals surface area contributed by atoms with E-state index in [1.54, 1.807) is 0 Å². The van der Waals surface area contributed by atoms with Crippen LogP contribution in [0.15, 0.2) is 6.20 Å². The van der Waals surface area contributed by atoms with Crippen LogP contribution in [0.4, 0.5) is 14.5 Å². The first-order chi connectivity index (χ1) is 7.52. The number of rotatable bonds is 3. The molecule has 0 fully saturated rings. The summed E-state index contributed by atoms with van der Waals surface area (Å²) in [6.07, 6.45) is -2.60. The Hall–Kier alpha value is -2.43. The zero-order valence-electron chi connectivity index (χ0n) is 7.55. The fourth-order valence-corrected chi connectivity index (χ4v) is 1.10. The second kappa shape index (κ2) is 4.39. The van der Waals surface area contributed by atoms with Crippen LogP contribution in [-0.2, 0) is 0 Å². The first kappa shape index (κ1) is 11.6. The van der Waals surface area contributed by atoms with E-state index in [9.17, 15) is 23.7 Å². The van der Waals surface area contributed by atoms with E-state index in [1.165, 1.54) is 6.07 Å².